The second-order valence-corrected chi connectivity index (χ2v) is 18.6. The van der Waals surface area contributed by atoms with Crippen molar-refractivity contribution in [3.05, 3.63) is 102 Å². The Kier molecular flexibility index (Phi) is 12.3. The van der Waals surface area contributed by atoms with E-state index in [-0.39, 0.29) is 55.1 Å². The third-order valence-electron chi connectivity index (χ3n) is 12.4. The number of ketones is 1. The van der Waals surface area contributed by atoms with Crippen LogP contribution in [0.15, 0.2) is 73.2 Å². The van der Waals surface area contributed by atoms with Crippen LogP contribution < -0.4 is 25.6 Å². The van der Waals surface area contributed by atoms with Crippen LogP contribution in [-0.4, -0.2) is 107 Å². The highest BCUT2D eigenvalue weighted by Crippen LogP contribution is 2.32. The molecule has 4 fully saturated rings. The van der Waals surface area contributed by atoms with E-state index in [1.54, 1.807) is 18.5 Å². The molecule has 0 radical (unpaired) electrons. The molecule has 1 aliphatic carbocycles. The number of pyridine rings is 2. The SMILES string of the molecule is O=C(Cc1ccc(NC2CCC(O)NC2=O)cc1)N[C@H]1C[C@H](OC2CCN(c3ccc(-c4cnc5[nH]cc(C(=O)c6c(F)ccc(NS(=O)(=O)N7CCCC7)c6F)c5c4)cn3)CC2)C1. The highest BCUT2D eigenvalue weighted by molar-refractivity contribution is 7.90. The minimum absolute atomic E-state index is 0.0254. The lowest BCUT2D eigenvalue weighted by atomic mass is 9.88. The molecule has 2 aromatic carbocycles. The van der Waals surface area contributed by atoms with E-state index in [4.69, 9.17) is 9.72 Å². The largest absolute Gasteiger partial charge is 0.375 e. The van der Waals surface area contributed by atoms with Crippen molar-refractivity contribution in [3.63, 3.8) is 0 Å². The topological polar surface area (TPSA) is 211 Å². The Morgan fingerprint density at radius 2 is 1.64 bits per heavy atom. The second kappa shape index (κ2) is 18.2. The standard InChI is InChI=1S/C45H49F2N9O7S/c46-35-8-9-36(54-64(61,62)56-15-1-2-16-56)42(47)41(35)43(59)34-25-50-44-33(34)20-28(24-49-44)27-5-11-38(48-23-27)55-17-13-31(14-18-55)63-32-21-30(22-32)52-40(58)19-26-3-6-29(7-4-26)51-37-10-12-39(57)53-45(37)60/h3-9,11,20,23-25,30-32,37,39,51,54,57H,1-2,10,12-19,21-22H2,(H,49,50)(H,52,58)(H,53,60)/t30-,32-,37?,39?. The monoisotopic (exact) mass is 897 g/mol. The molecular formula is C45H49F2N9O7S. The molecule has 64 heavy (non-hydrogen) atoms. The van der Waals surface area contributed by atoms with Gasteiger partial charge >= 0.3 is 10.2 Å². The summed E-state index contributed by atoms with van der Waals surface area (Å²) in [5.41, 5.74) is 1.91. The van der Waals surface area contributed by atoms with E-state index in [1.165, 1.54) is 10.5 Å². The fourth-order valence-corrected chi connectivity index (χ4v) is 10.1. The first-order chi connectivity index (χ1) is 30.9. The van der Waals surface area contributed by atoms with Crippen LogP contribution in [0.1, 0.15) is 72.9 Å². The number of aliphatic hydroxyl groups is 1. The van der Waals surface area contributed by atoms with Gasteiger partial charge in [-0.25, -0.2) is 18.7 Å². The molecule has 9 rings (SSSR count). The maximum absolute atomic E-state index is 15.7. The lowest BCUT2D eigenvalue weighted by Gasteiger charge is -2.40. The van der Waals surface area contributed by atoms with Crippen LogP contribution in [-0.2, 0) is 31.0 Å². The van der Waals surface area contributed by atoms with Crippen molar-refractivity contribution < 1.29 is 41.4 Å². The van der Waals surface area contributed by atoms with Gasteiger partial charge in [-0.1, -0.05) is 12.1 Å². The molecule has 6 N–H and O–H groups in total. The van der Waals surface area contributed by atoms with E-state index >= 15 is 8.78 Å². The van der Waals surface area contributed by atoms with E-state index < -0.39 is 51.1 Å². The number of piperidine rings is 2. The number of nitrogens with zero attached hydrogens (tertiary/aromatic N) is 4. The molecule has 5 aromatic rings. The van der Waals surface area contributed by atoms with Crippen molar-refractivity contribution in [1.82, 2.24) is 29.9 Å². The highest BCUT2D eigenvalue weighted by Gasteiger charge is 2.35. The molecule has 336 valence electrons. The molecule has 1 saturated carbocycles. The summed E-state index contributed by atoms with van der Waals surface area (Å²) in [6, 6.07) is 14.5. The van der Waals surface area contributed by atoms with Crippen LogP contribution in [0, 0.1) is 11.6 Å². The summed E-state index contributed by atoms with van der Waals surface area (Å²) in [4.78, 5) is 52.8. The Balaban J connectivity index is 0.742. The van der Waals surface area contributed by atoms with E-state index in [9.17, 15) is 27.9 Å². The molecule has 16 nitrogen and oxygen atoms in total. The third-order valence-corrected chi connectivity index (χ3v) is 14.0. The quantitative estimate of drug-likeness (QED) is 0.0837. The van der Waals surface area contributed by atoms with Gasteiger partial charge in [0.05, 0.1) is 29.9 Å². The normalized spacial score (nSPS) is 21.9. The van der Waals surface area contributed by atoms with Crippen LogP contribution in [0.2, 0.25) is 0 Å². The Labute approximate surface area is 368 Å². The van der Waals surface area contributed by atoms with Crippen LogP contribution in [0.4, 0.5) is 26.0 Å². The summed E-state index contributed by atoms with van der Waals surface area (Å²) in [7, 11) is -4.09. The van der Waals surface area contributed by atoms with Crippen molar-refractivity contribution >= 4 is 56.0 Å². The van der Waals surface area contributed by atoms with E-state index in [1.807, 2.05) is 36.4 Å². The van der Waals surface area contributed by atoms with Gasteiger partial charge in [-0.15, -0.1) is 0 Å². The van der Waals surface area contributed by atoms with Crippen LogP contribution in [0.25, 0.3) is 22.2 Å². The summed E-state index contributed by atoms with van der Waals surface area (Å²) >= 11 is 0. The number of anilines is 3. The number of amides is 2. The van der Waals surface area contributed by atoms with Gasteiger partial charge in [-0.05, 0) is 99.4 Å². The Hall–Kier alpha value is -6.02. The molecule has 6 heterocycles. The van der Waals surface area contributed by atoms with Crippen LogP contribution in [0.3, 0.4) is 0 Å². The number of aromatic nitrogens is 3. The minimum atomic E-state index is -4.09. The van der Waals surface area contributed by atoms with Gasteiger partial charge in [-0.2, -0.15) is 12.7 Å². The molecule has 0 bridgehead atoms. The molecular weight excluding hydrogens is 849 g/mol. The molecule has 2 amide bonds. The fraction of sp³-hybridized carbons (Fsp3) is 0.400. The summed E-state index contributed by atoms with van der Waals surface area (Å²) in [5.74, 6) is -2.88. The van der Waals surface area contributed by atoms with Crippen molar-refractivity contribution in [1.29, 1.82) is 0 Å². The number of halogens is 2. The van der Waals surface area contributed by atoms with Gasteiger partial charge < -0.3 is 35.7 Å². The summed E-state index contributed by atoms with van der Waals surface area (Å²) in [6.45, 7) is 2.08. The summed E-state index contributed by atoms with van der Waals surface area (Å²) in [5, 5.41) is 18.7. The summed E-state index contributed by atoms with van der Waals surface area (Å²) < 4.78 is 66.2. The van der Waals surface area contributed by atoms with Crippen LogP contribution in [0.5, 0.6) is 0 Å². The number of fused-ring (bicyclic) bond motifs is 1. The van der Waals surface area contributed by atoms with Gasteiger partial charge in [0.2, 0.25) is 17.6 Å². The Bertz CT molecular complexity index is 2650. The summed E-state index contributed by atoms with van der Waals surface area (Å²) in [6.07, 6.45) is 9.87. The van der Waals surface area contributed by atoms with E-state index in [0.717, 1.165) is 73.5 Å². The number of carbonyl (C=O) groups excluding carboxylic acids is 3. The predicted molar refractivity (Wildman–Crippen MR) is 235 cm³/mol. The lowest BCUT2D eigenvalue weighted by Crippen LogP contribution is -2.50. The van der Waals surface area contributed by atoms with Crippen molar-refractivity contribution in [3.8, 4) is 11.1 Å². The first-order valence-corrected chi connectivity index (χ1v) is 23.1. The van der Waals surface area contributed by atoms with Crippen molar-refractivity contribution in [2.45, 2.75) is 88.3 Å². The number of nitrogens with one attached hydrogen (secondary N) is 5. The first kappa shape index (κ1) is 43.2. The Morgan fingerprint density at radius 1 is 0.891 bits per heavy atom. The minimum Gasteiger partial charge on any atom is -0.375 e. The van der Waals surface area contributed by atoms with Gasteiger partial charge in [-0.3, -0.25) is 19.1 Å². The maximum atomic E-state index is 15.7. The lowest BCUT2D eigenvalue weighted by molar-refractivity contribution is -0.127. The van der Waals surface area contributed by atoms with Crippen molar-refractivity contribution in [2.24, 2.45) is 0 Å². The molecule has 3 aromatic heterocycles. The van der Waals surface area contributed by atoms with Crippen LogP contribution >= 0.6 is 0 Å². The number of H-pyrrole nitrogens is 1. The van der Waals surface area contributed by atoms with Gasteiger partial charge in [0, 0.05) is 78.6 Å². The van der Waals surface area contributed by atoms with E-state index in [2.05, 4.69) is 35.5 Å². The molecule has 3 saturated heterocycles. The number of aliphatic hydroxyl groups excluding tert-OH is 1. The average Bonchev–Trinajstić information content (AvgIpc) is 3.98. The maximum Gasteiger partial charge on any atom is 0.301 e. The second-order valence-electron chi connectivity index (χ2n) is 16.9. The number of rotatable bonds is 14. The van der Waals surface area contributed by atoms with Gasteiger partial charge in [0.15, 0.2) is 5.82 Å². The number of benzene rings is 2. The smallest absolute Gasteiger partial charge is 0.301 e. The van der Waals surface area contributed by atoms with Crippen molar-refractivity contribution in [2.75, 3.05) is 41.1 Å². The average molecular weight is 898 g/mol. The number of hydrogen-bond acceptors (Lipinski definition) is 11. The highest BCUT2D eigenvalue weighted by atomic mass is 32.2. The fourth-order valence-electron chi connectivity index (χ4n) is 8.80. The van der Waals surface area contributed by atoms with Gasteiger partial charge in [0.1, 0.15) is 29.6 Å². The number of carbonyl (C=O) groups is 3. The zero-order valence-corrected chi connectivity index (χ0v) is 35.7. The Morgan fingerprint density at radius 3 is 2.36 bits per heavy atom. The third kappa shape index (κ3) is 9.43. The zero-order valence-electron chi connectivity index (χ0n) is 34.9. The predicted octanol–water partition coefficient (Wildman–Crippen LogP) is 4.77. The zero-order chi connectivity index (χ0) is 44.5. The molecule has 2 atom stereocenters. The van der Waals surface area contributed by atoms with E-state index in [0.29, 0.717) is 42.3 Å². The molecule has 2 unspecified atom stereocenters. The number of ether oxygens (including phenoxy) is 1. The first-order valence-electron chi connectivity index (χ1n) is 21.6. The molecule has 4 aliphatic rings. The number of aromatic amines is 1. The number of hydrogen-bond donors (Lipinski definition) is 6. The van der Waals surface area contributed by atoms with Gasteiger partial charge in [0.25, 0.3) is 0 Å². The molecule has 3 aliphatic heterocycles. The molecule has 19 heteroatoms. The molecule has 0 spiro atoms.